The Hall–Kier alpha value is -1.71. The Labute approximate surface area is 466 Å². The Kier molecular flexibility index (Phi) is 57.1. The molecule has 0 aliphatic heterocycles. The molecule has 0 aromatic rings. The van der Waals surface area contributed by atoms with Gasteiger partial charge in [0, 0.05) is 12.8 Å². The van der Waals surface area contributed by atoms with E-state index in [-0.39, 0.29) is 32.2 Å². The first-order valence-corrected chi connectivity index (χ1v) is 33.2. The molecule has 0 radical (unpaired) electrons. The van der Waals surface area contributed by atoms with Crippen molar-refractivity contribution in [3.63, 3.8) is 0 Å². The Morgan fingerprint density at radius 2 is 0.600 bits per heavy atom. The average Bonchev–Trinajstić information content (AvgIpc) is 3.38. The maximum Gasteiger partial charge on any atom is 0.306 e. The molecule has 0 aliphatic rings. The predicted octanol–water partition coefficient (Wildman–Crippen LogP) is 18.6. The summed E-state index contributed by atoms with van der Waals surface area (Å²) >= 11 is 0. The summed E-state index contributed by atoms with van der Waals surface area (Å²) in [6, 6.07) is 0. The number of aliphatic carboxylic acids is 1. The number of likely N-dealkylation sites (N-methyl/N-ethyl adjacent to an activating group) is 1. The van der Waals surface area contributed by atoms with Crippen molar-refractivity contribution in [2.75, 3.05) is 47.5 Å². The second kappa shape index (κ2) is 58.4. The van der Waals surface area contributed by atoms with Crippen LogP contribution in [0.3, 0.4) is 0 Å². The van der Waals surface area contributed by atoms with Gasteiger partial charge in [-0.15, -0.1) is 0 Å². The highest BCUT2D eigenvalue weighted by molar-refractivity contribution is 5.70. The van der Waals surface area contributed by atoms with Gasteiger partial charge in [0.05, 0.1) is 40.3 Å². The smallest absolute Gasteiger partial charge is 0.306 e. The number of quaternary nitrogens is 1. The van der Waals surface area contributed by atoms with Crippen LogP contribution in [0.15, 0.2) is 0 Å². The van der Waals surface area contributed by atoms with E-state index in [2.05, 4.69) is 13.8 Å². The minimum atomic E-state index is -1.61. The molecule has 0 rings (SSSR count). The highest BCUT2D eigenvalue weighted by Gasteiger charge is 2.22. The molecule has 0 aliphatic carbocycles. The van der Waals surface area contributed by atoms with E-state index >= 15 is 0 Å². The summed E-state index contributed by atoms with van der Waals surface area (Å²) in [6.07, 6.45) is 64.7. The number of hydrogen-bond acceptors (Lipinski definition) is 8. The lowest BCUT2D eigenvalue weighted by molar-refractivity contribution is -0.870. The zero-order valence-electron chi connectivity index (χ0n) is 51.0. The Balaban J connectivity index is 4.00. The molecule has 0 heterocycles. The van der Waals surface area contributed by atoms with E-state index in [0.29, 0.717) is 17.4 Å². The zero-order valence-corrected chi connectivity index (χ0v) is 51.0. The number of unbranched alkanes of at least 4 members (excludes halogenated alkanes) is 48. The minimum Gasteiger partial charge on any atom is -0.545 e. The van der Waals surface area contributed by atoms with E-state index in [1.54, 1.807) is 0 Å². The van der Waals surface area contributed by atoms with Crippen molar-refractivity contribution >= 4 is 17.9 Å². The summed E-state index contributed by atoms with van der Waals surface area (Å²) < 4.78 is 22.8. The fourth-order valence-electron chi connectivity index (χ4n) is 10.2. The lowest BCUT2D eigenvalue weighted by Gasteiger charge is -2.26. The second-order valence-corrected chi connectivity index (χ2v) is 24.1. The van der Waals surface area contributed by atoms with Gasteiger partial charge >= 0.3 is 11.9 Å². The zero-order chi connectivity index (χ0) is 54.8. The van der Waals surface area contributed by atoms with Crippen LogP contribution in [-0.2, 0) is 33.3 Å². The fraction of sp³-hybridized carbons (Fsp3) is 0.955. The minimum absolute atomic E-state index is 0.153. The van der Waals surface area contributed by atoms with Crippen molar-refractivity contribution in [3.8, 4) is 0 Å². The summed E-state index contributed by atoms with van der Waals surface area (Å²) in [5.74, 6) is -2.25. The molecule has 2 unspecified atom stereocenters. The monoisotopic (exact) mass is 1060 g/mol. The third-order valence-electron chi connectivity index (χ3n) is 15.4. The summed E-state index contributed by atoms with van der Waals surface area (Å²) in [4.78, 5) is 37.3. The molecular formula is C66H129NO8. The average molecular weight is 1060 g/mol. The third kappa shape index (κ3) is 59.8. The molecule has 75 heavy (non-hydrogen) atoms. The first-order valence-electron chi connectivity index (χ1n) is 33.2. The summed E-state index contributed by atoms with van der Waals surface area (Å²) in [5, 5.41) is 11.8. The van der Waals surface area contributed by atoms with E-state index in [1.165, 1.54) is 283 Å². The molecule has 0 fully saturated rings. The predicted molar refractivity (Wildman–Crippen MR) is 316 cm³/mol. The molecule has 0 saturated heterocycles. The lowest BCUT2D eigenvalue weighted by atomic mass is 10.0. The van der Waals surface area contributed by atoms with Gasteiger partial charge in [0.25, 0.3) is 0 Å². The maximum atomic E-state index is 12.9. The highest BCUT2D eigenvalue weighted by Crippen LogP contribution is 2.19. The summed E-state index contributed by atoms with van der Waals surface area (Å²) in [5.41, 5.74) is 0. The topological polar surface area (TPSA) is 111 Å². The van der Waals surface area contributed by atoms with E-state index < -0.39 is 24.3 Å². The number of carbonyl (C=O) groups is 3. The molecule has 0 amide bonds. The SMILES string of the molecule is CCCCCCCCCCCCCCCCCCCCCCCCCCCCCCCCCCCC(=O)OC(COC(=O)CCCCCCCCCCCCCCCCCCC)COC(OCC[N+](C)(C)C)C(=O)[O-]. The van der Waals surface area contributed by atoms with Gasteiger partial charge in [-0.25, -0.2) is 0 Å². The molecule has 2 atom stereocenters. The van der Waals surface area contributed by atoms with Crippen LogP contribution in [0.2, 0.25) is 0 Å². The van der Waals surface area contributed by atoms with Crippen molar-refractivity contribution in [3.05, 3.63) is 0 Å². The lowest BCUT2D eigenvalue weighted by Crippen LogP contribution is -2.44. The summed E-state index contributed by atoms with van der Waals surface area (Å²) in [6.45, 7) is 4.83. The molecule has 0 aromatic carbocycles. The van der Waals surface area contributed by atoms with Gasteiger partial charge < -0.3 is 33.3 Å². The van der Waals surface area contributed by atoms with Gasteiger partial charge in [-0.2, -0.15) is 0 Å². The van der Waals surface area contributed by atoms with Crippen LogP contribution >= 0.6 is 0 Å². The highest BCUT2D eigenvalue weighted by atomic mass is 16.7. The molecule has 0 saturated carbocycles. The first kappa shape index (κ1) is 73.3. The van der Waals surface area contributed by atoms with E-state index in [0.717, 1.165) is 38.5 Å². The van der Waals surface area contributed by atoms with Crippen molar-refractivity contribution in [1.82, 2.24) is 0 Å². The molecule has 0 aromatic heterocycles. The number of carbonyl (C=O) groups excluding carboxylic acids is 3. The van der Waals surface area contributed by atoms with Crippen LogP contribution in [0, 0.1) is 0 Å². The van der Waals surface area contributed by atoms with Gasteiger partial charge in [-0.05, 0) is 12.8 Å². The number of esters is 2. The normalized spacial score (nSPS) is 12.6. The van der Waals surface area contributed by atoms with Crippen molar-refractivity contribution in [1.29, 1.82) is 0 Å². The molecule has 446 valence electrons. The van der Waals surface area contributed by atoms with Crippen LogP contribution in [0.25, 0.3) is 0 Å². The van der Waals surface area contributed by atoms with Gasteiger partial charge in [-0.3, -0.25) is 9.59 Å². The second-order valence-electron chi connectivity index (χ2n) is 24.1. The molecule has 9 heteroatoms. The van der Waals surface area contributed by atoms with Crippen LogP contribution in [0.1, 0.15) is 348 Å². The molecule has 0 N–H and O–H groups in total. The Bertz CT molecular complexity index is 1190. The van der Waals surface area contributed by atoms with E-state index in [1.807, 2.05) is 21.1 Å². The fourth-order valence-corrected chi connectivity index (χ4v) is 10.2. The Morgan fingerprint density at radius 1 is 0.347 bits per heavy atom. The summed E-state index contributed by atoms with van der Waals surface area (Å²) in [7, 11) is 5.94. The van der Waals surface area contributed by atoms with Gasteiger partial charge in [0.2, 0.25) is 0 Å². The van der Waals surface area contributed by atoms with Crippen LogP contribution in [-0.4, -0.2) is 82.3 Å². The molecule has 0 spiro atoms. The van der Waals surface area contributed by atoms with Gasteiger partial charge in [-0.1, -0.05) is 322 Å². The first-order chi connectivity index (χ1) is 36.6. The number of hydrogen-bond donors (Lipinski definition) is 0. The quantitative estimate of drug-likeness (QED) is 0.0256. The van der Waals surface area contributed by atoms with Gasteiger partial charge in [0.15, 0.2) is 12.4 Å². The number of ether oxygens (including phenoxy) is 4. The third-order valence-corrected chi connectivity index (χ3v) is 15.4. The van der Waals surface area contributed by atoms with Crippen LogP contribution in [0.4, 0.5) is 0 Å². The number of rotatable bonds is 63. The molecule has 0 bridgehead atoms. The molecular weight excluding hydrogens is 935 g/mol. The van der Waals surface area contributed by atoms with Crippen molar-refractivity contribution in [2.24, 2.45) is 0 Å². The van der Waals surface area contributed by atoms with Crippen LogP contribution < -0.4 is 5.11 Å². The largest absolute Gasteiger partial charge is 0.545 e. The van der Waals surface area contributed by atoms with Gasteiger partial charge in [0.1, 0.15) is 13.2 Å². The number of carboxylic acid groups (broad SMARTS) is 1. The Morgan fingerprint density at radius 3 is 0.853 bits per heavy atom. The van der Waals surface area contributed by atoms with Crippen molar-refractivity contribution in [2.45, 2.75) is 360 Å². The van der Waals surface area contributed by atoms with Crippen LogP contribution in [0.5, 0.6) is 0 Å². The number of nitrogens with zero attached hydrogens (tertiary/aromatic N) is 1. The molecule has 9 nitrogen and oxygen atoms in total. The van der Waals surface area contributed by atoms with Crippen molar-refractivity contribution < 1.29 is 42.9 Å². The number of carboxylic acids is 1. The maximum absolute atomic E-state index is 12.9. The standard InChI is InChI=1S/C66H129NO8/c1-6-8-10-12-14-16-18-20-22-24-25-26-27-28-29-30-31-32-33-34-35-36-37-38-39-41-43-45-47-49-51-53-55-57-64(69)75-62(61-74-66(65(70)71)72-59-58-67(3,4)5)60-73-63(68)56-54-52-50-48-46-44-42-40-23-21-19-17-15-13-11-9-7-2/h62,66H,6-61H2,1-5H3. The van der Waals surface area contributed by atoms with E-state index in [4.69, 9.17) is 18.9 Å². The van der Waals surface area contributed by atoms with E-state index in [9.17, 15) is 19.5 Å².